The Bertz CT molecular complexity index is 748. The van der Waals surface area contributed by atoms with Crippen molar-refractivity contribution in [3.05, 3.63) is 28.7 Å². The highest BCUT2D eigenvalue weighted by atomic mass is 32.2. The molecule has 1 saturated heterocycles. The van der Waals surface area contributed by atoms with E-state index in [1.165, 1.54) is 16.7 Å². The average molecular weight is 410 g/mol. The van der Waals surface area contributed by atoms with Crippen LogP contribution >= 0.6 is 24.0 Å². The van der Waals surface area contributed by atoms with Gasteiger partial charge >= 0.3 is 5.97 Å². The lowest BCUT2D eigenvalue weighted by Gasteiger charge is -2.13. The summed E-state index contributed by atoms with van der Waals surface area (Å²) in [6.45, 7) is 3.03. The zero-order valence-corrected chi connectivity index (χ0v) is 17.0. The summed E-state index contributed by atoms with van der Waals surface area (Å²) in [5, 5.41) is 8.73. The maximum Gasteiger partial charge on any atom is 0.303 e. The lowest BCUT2D eigenvalue weighted by Crippen LogP contribution is -2.29. The number of thiocarbonyl (C=S) groups is 1. The number of hydrogen-bond acceptors (Lipinski definition) is 6. The fraction of sp³-hybridized carbons (Fsp3) is 0.421. The molecule has 0 bridgehead atoms. The number of carboxylic acid groups (broad SMARTS) is 1. The molecule has 6 nitrogen and oxygen atoms in total. The number of amides is 1. The van der Waals surface area contributed by atoms with Crippen molar-refractivity contribution in [1.82, 2.24) is 4.90 Å². The summed E-state index contributed by atoms with van der Waals surface area (Å²) < 4.78 is 11.6. The van der Waals surface area contributed by atoms with Crippen molar-refractivity contribution in [3.63, 3.8) is 0 Å². The third-order valence-corrected chi connectivity index (χ3v) is 5.26. The van der Waals surface area contributed by atoms with E-state index in [2.05, 4.69) is 6.92 Å². The number of benzene rings is 1. The van der Waals surface area contributed by atoms with Gasteiger partial charge < -0.3 is 14.6 Å². The molecule has 1 amide bonds. The first-order valence-electron chi connectivity index (χ1n) is 8.74. The summed E-state index contributed by atoms with van der Waals surface area (Å²) >= 11 is 6.47. The molecule has 8 heteroatoms. The summed E-state index contributed by atoms with van der Waals surface area (Å²) in [5.41, 5.74) is 0.806. The van der Waals surface area contributed by atoms with Gasteiger partial charge in [0.05, 0.1) is 18.6 Å². The number of carbonyl (C=O) groups excluding carboxylic acids is 1. The maximum absolute atomic E-state index is 12.5. The number of aliphatic carboxylic acids is 1. The molecule has 146 valence electrons. The molecule has 0 unspecified atom stereocenters. The first-order chi connectivity index (χ1) is 13.0. The zero-order valence-electron chi connectivity index (χ0n) is 15.4. The number of nitrogens with zero attached hydrogens (tertiary/aromatic N) is 1. The molecule has 1 aromatic carbocycles. The summed E-state index contributed by atoms with van der Waals surface area (Å²) in [6.07, 6.45) is 4.15. The normalized spacial score (nSPS) is 15.5. The minimum Gasteiger partial charge on any atom is -0.493 e. The van der Waals surface area contributed by atoms with Crippen LogP contribution in [0, 0.1) is 0 Å². The first-order valence-corrected chi connectivity index (χ1v) is 9.96. The predicted octanol–water partition coefficient (Wildman–Crippen LogP) is 3.94. The van der Waals surface area contributed by atoms with Crippen LogP contribution in [0.4, 0.5) is 0 Å². The van der Waals surface area contributed by atoms with E-state index in [0.29, 0.717) is 40.3 Å². The number of carbonyl (C=O) groups is 2. The summed E-state index contributed by atoms with van der Waals surface area (Å²) in [7, 11) is 1.58. The highest BCUT2D eigenvalue weighted by Gasteiger charge is 2.31. The van der Waals surface area contributed by atoms with Gasteiger partial charge in [0.1, 0.15) is 4.32 Å². The van der Waals surface area contributed by atoms with Gasteiger partial charge in [-0.2, -0.15) is 0 Å². The molecule has 27 heavy (non-hydrogen) atoms. The number of ether oxygens (including phenoxy) is 2. The molecule has 0 aliphatic carbocycles. The molecule has 1 aromatic rings. The Hall–Kier alpha value is -2.06. The van der Waals surface area contributed by atoms with Crippen molar-refractivity contribution in [2.24, 2.45) is 0 Å². The number of unbranched alkanes of at least 4 members (excludes halogenated alkanes) is 1. The number of carboxylic acids is 1. The quantitative estimate of drug-likeness (QED) is 0.356. The standard InChI is InChI=1S/C19H23NO5S2/c1-3-4-10-25-14-8-7-13(11-15(14)24-2)12-16-18(23)20(19(26)27-16)9-5-6-17(21)22/h7-8,11-12H,3-6,9-10H2,1-2H3,(H,21,22)/b16-12+. The molecule has 1 aliphatic heterocycles. The smallest absolute Gasteiger partial charge is 0.303 e. The molecule has 1 N–H and O–H groups in total. The van der Waals surface area contributed by atoms with Crippen LogP contribution in [0.3, 0.4) is 0 Å². The van der Waals surface area contributed by atoms with Gasteiger partial charge in [0.25, 0.3) is 5.91 Å². The Balaban J connectivity index is 2.10. The third kappa shape index (κ3) is 5.97. The second kappa shape index (κ2) is 10.3. The Morgan fingerprint density at radius 3 is 2.78 bits per heavy atom. The van der Waals surface area contributed by atoms with Crippen molar-refractivity contribution in [2.75, 3.05) is 20.3 Å². The van der Waals surface area contributed by atoms with Crippen molar-refractivity contribution < 1.29 is 24.2 Å². The van der Waals surface area contributed by atoms with Gasteiger partial charge in [-0.3, -0.25) is 14.5 Å². The van der Waals surface area contributed by atoms with Crippen LogP contribution in [-0.2, 0) is 9.59 Å². The minimum absolute atomic E-state index is 0.00675. The lowest BCUT2D eigenvalue weighted by molar-refractivity contribution is -0.137. The molecule has 0 atom stereocenters. The first kappa shape index (κ1) is 21.2. The molecular formula is C19H23NO5S2. The minimum atomic E-state index is -0.885. The fourth-order valence-corrected chi connectivity index (χ4v) is 3.76. The van der Waals surface area contributed by atoms with Crippen LogP contribution in [0.5, 0.6) is 11.5 Å². The van der Waals surface area contributed by atoms with E-state index in [9.17, 15) is 9.59 Å². The van der Waals surface area contributed by atoms with Crippen molar-refractivity contribution in [2.45, 2.75) is 32.6 Å². The second-order valence-electron chi connectivity index (χ2n) is 5.94. The summed E-state index contributed by atoms with van der Waals surface area (Å²) in [6, 6.07) is 5.51. The molecule has 0 spiro atoms. The van der Waals surface area contributed by atoms with E-state index in [0.717, 1.165) is 18.4 Å². The Morgan fingerprint density at radius 2 is 2.11 bits per heavy atom. The van der Waals surface area contributed by atoms with Gasteiger partial charge in [0.15, 0.2) is 11.5 Å². The number of methoxy groups -OCH3 is 1. The van der Waals surface area contributed by atoms with Crippen LogP contribution in [0.15, 0.2) is 23.1 Å². The third-order valence-electron chi connectivity index (χ3n) is 3.89. The second-order valence-corrected chi connectivity index (χ2v) is 7.62. The van der Waals surface area contributed by atoms with Gasteiger partial charge in [-0.25, -0.2) is 0 Å². The van der Waals surface area contributed by atoms with E-state index >= 15 is 0 Å². The van der Waals surface area contributed by atoms with Crippen molar-refractivity contribution >= 4 is 46.3 Å². The Morgan fingerprint density at radius 1 is 1.33 bits per heavy atom. The predicted molar refractivity (Wildman–Crippen MR) is 110 cm³/mol. The summed E-state index contributed by atoms with van der Waals surface area (Å²) in [5.74, 6) is 0.197. The largest absolute Gasteiger partial charge is 0.493 e. The molecule has 0 radical (unpaired) electrons. The van der Waals surface area contributed by atoms with Crippen molar-refractivity contribution in [3.8, 4) is 11.5 Å². The van der Waals surface area contributed by atoms with Crippen molar-refractivity contribution in [1.29, 1.82) is 0 Å². The fourth-order valence-electron chi connectivity index (χ4n) is 2.45. The van der Waals surface area contributed by atoms with Crippen LogP contribution in [-0.4, -0.2) is 46.5 Å². The highest BCUT2D eigenvalue weighted by Crippen LogP contribution is 2.35. The SMILES string of the molecule is CCCCOc1ccc(/C=C2/SC(=S)N(CCCC(=O)O)C2=O)cc1OC. The van der Waals surface area contributed by atoms with E-state index in [1.54, 1.807) is 13.2 Å². The van der Waals surface area contributed by atoms with Gasteiger partial charge in [0, 0.05) is 13.0 Å². The van der Waals surface area contributed by atoms with E-state index in [-0.39, 0.29) is 12.3 Å². The van der Waals surface area contributed by atoms with Crippen LogP contribution in [0.1, 0.15) is 38.2 Å². The molecule has 0 saturated carbocycles. The molecule has 2 rings (SSSR count). The van der Waals surface area contributed by atoms with Crippen LogP contribution in [0.25, 0.3) is 6.08 Å². The van der Waals surface area contributed by atoms with E-state index in [4.69, 9.17) is 26.8 Å². The molecule has 0 aromatic heterocycles. The topological polar surface area (TPSA) is 76.1 Å². The van der Waals surface area contributed by atoms with Crippen LogP contribution < -0.4 is 9.47 Å². The average Bonchev–Trinajstić information content (AvgIpc) is 2.90. The van der Waals surface area contributed by atoms with Crippen LogP contribution in [0.2, 0.25) is 0 Å². The molecule has 1 heterocycles. The highest BCUT2D eigenvalue weighted by molar-refractivity contribution is 8.26. The van der Waals surface area contributed by atoms with Gasteiger partial charge in [-0.05, 0) is 36.6 Å². The van der Waals surface area contributed by atoms with Gasteiger partial charge in [-0.15, -0.1) is 0 Å². The maximum atomic E-state index is 12.5. The molecular weight excluding hydrogens is 386 g/mol. The van der Waals surface area contributed by atoms with Gasteiger partial charge in [0.2, 0.25) is 0 Å². The Kier molecular flexibility index (Phi) is 8.12. The summed E-state index contributed by atoms with van der Waals surface area (Å²) in [4.78, 5) is 25.1. The molecule has 1 fully saturated rings. The lowest BCUT2D eigenvalue weighted by atomic mass is 10.2. The number of hydrogen-bond donors (Lipinski definition) is 1. The number of thioether (sulfide) groups is 1. The molecule has 1 aliphatic rings. The Labute approximate surface area is 168 Å². The number of rotatable bonds is 10. The zero-order chi connectivity index (χ0) is 19.8. The van der Waals surface area contributed by atoms with Gasteiger partial charge in [-0.1, -0.05) is 43.4 Å². The monoisotopic (exact) mass is 409 g/mol. The van der Waals surface area contributed by atoms with E-state index in [1.807, 2.05) is 18.2 Å². The van der Waals surface area contributed by atoms with E-state index < -0.39 is 5.97 Å².